The number of nitrogens with zero attached hydrogens (tertiary/aromatic N) is 2. The molecule has 1 aliphatic rings. The third kappa shape index (κ3) is 5.08. The van der Waals surface area contributed by atoms with Gasteiger partial charge in [0.05, 0.1) is 0 Å². The fourth-order valence-electron chi connectivity index (χ4n) is 7.46. The Morgan fingerprint density at radius 1 is 0.431 bits per heavy atom. The van der Waals surface area contributed by atoms with E-state index in [0.29, 0.717) is 0 Å². The lowest BCUT2D eigenvalue weighted by Gasteiger charge is -2.24. The normalized spacial score (nSPS) is 14.5. The van der Waals surface area contributed by atoms with E-state index in [1.165, 1.54) is 27.1 Å². The van der Waals surface area contributed by atoms with Gasteiger partial charge in [0.15, 0.2) is 6.17 Å². The number of hydrogen-bond donors (Lipinski definition) is 1. The van der Waals surface area contributed by atoms with Gasteiger partial charge in [0.1, 0.15) is 22.8 Å². The van der Waals surface area contributed by atoms with Crippen LogP contribution in [0.1, 0.15) is 22.9 Å². The maximum atomic E-state index is 6.46. The van der Waals surface area contributed by atoms with Crippen LogP contribution in [-0.2, 0) is 0 Å². The Hall–Kier alpha value is -6.78. The summed E-state index contributed by atoms with van der Waals surface area (Å²) < 4.78 is 6.46. The maximum absolute atomic E-state index is 6.46. The molecule has 0 saturated carbocycles. The van der Waals surface area contributed by atoms with Gasteiger partial charge in [-0.1, -0.05) is 146 Å². The van der Waals surface area contributed by atoms with Crippen molar-refractivity contribution in [3.05, 3.63) is 193 Å². The predicted molar refractivity (Wildman–Crippen MR) is 211 cm³/mol. The van der Waals surface area contributed by atoms with Crippen molar-refractivity contribution in [1.29, 1.82) is 0 Å². The molecule has 1 N–H and O–H groups in total. The van der Waals surface area contributed by atoms with Crippen LogP contribution in [0.2, 0.25) is 0 Å². The number of nitrogens with one attached hydrogen (secondary N) is 1. The van der Waals surface area contributed by atoms with Crippen molar-refractivity contribution in [3.63, 3.8) is 0 Å². The molecule has 0 bridgehead atoms. The zero-order valence-electron chi connectivity index (χ0n) is 27.6. The molecule has 1 aliphatic heterocycles. The molecule has 8 aromatic carbocycles. The quantitative estimate of drug-likeness (QED) is 0.188. The molecule has 1 atom stereocenters. The molecular weight excluding hydrogens is 623 g/mol. The molecule has 0 spiro atoms. The Morgan fingerprint density at radius 2 is 1.10 bits per heavy atom. The molecule has 0 saturated heterocycles. The number of furan rings is 1. The Bertz CT molecular complexity index is 2830. The Morgan fingerprint density at radius 3 is 1.96 bits per heavy atom. The summed E-state index contributed by atoms with van der Waals surface area (Å²) in [4.78, 5) is 10.7. The first-order valence-corrected chi connectivity index (χ1v) is 17.3. The lowest BCUT2D eigenvalue weighted by Crippen LogP contribution is -2.36. The monoisotopic (exact) mass is 653 g/mol. The maximum Gasteiger partial charge on any atom is 0.169 e. The fraction of sp³-hybridized carbons (Fsp3) is 0.0213. The van der Waals surface area contributed by atoms with E-state index in [2.05, 4.69) is 151 Å². The molecule has 0 radical (unpaired) electrons. The minimum atomic E-state index is -0.468. The first kappa shape index (κ1) is 29.2. The molecule has 240 valence electrons. The SMILES string of the molecule is c1ccc(C2=NC(c3ccc4c(ccc5ccccc54)c3)N=C(c3c(-c4cccc(-c5ccccc5)c4)ccc4oc5ccccc5c34)N2)cc1. The number of benzene rings is 8. The summed E-state index contributed by atoms with van der Waals surface area (Å²) in [7, 11) is 0. The number of fused-ring (bicyclic) bond motifs is 6. The Labute approximate surface area is 295 Å². The topological polar surface area (TPSA) is 49.9 Å². The lowest BCUT2D eigenvalue weighted by atomic mass is 9.92. The van der Waals surface area contributed by atoms with Gasteiger partial charge in [0, 0.05) is 21.9 Å². The first-order valence-electron chi connectivity index (χ1n) is 17.3. The first-order chi connectivity index (χ1) is 25.3. The van der Waals surface area contributed by atoms with Gasteiger partial charge in [-0.2, -0.15) is 0 Å². The number of hydrogen-bond acceptors (Lipinski definition) is 4. The third-order valence-electron chi connectivity index (χ3n) is 9.91. The average Bonchev–Trinajstić information content (AvgIpc) is 3.59. The van der Waals surface area contributed by atoms with Crippen LogP contribution in [-0.4, -0.2) is 11.7 Å². The van der Waals surface area contributed by atoms with Crippen molar-refractivity contribution >= 4 is 55.2 Å². The van der Waals surface area contributed by atoms with E-state index in [9.17, 15) is 0 Å². The van der Waals surface area contributed by atoms with Crippen LogP contribution >= 0.6 is 0 Å². The molecule has 0 aliphatic carbocycles. The van der Waals surface area contributed by atoms with E-state index in [-0.39, 0.29) is 0 Å². The molecule has 1 aromatic heterocycles. The van der Waals surface area contributed by atoms with E-state index in [4.69, 9.17) is 14.4 Å². The number of amidine groups is 2. The van der Waals surface area contributed by atoms with Crippen molar-refractivity contribution < 1.29 is 4.42 Å². The highest BCUT2D eigenvalue weighted by molar-refractivity contribution is 6.26. The second-order valence-electron chi connectivity index (χ2n) is 13.0. The summed E-state index contributed by atoms with van der Waals surface area (Å²) in [6, 6.07) is 61.6. The van der Waals surface area contributed by atoms with Crippen LogP contribution in [0.5, 0.6) is 0 Å². The molecular formula is C47H31N3O. The molecule has 4 nitrogen and oxygen atoms in total. The van der Waals surface area contributed by atoms with Gasteiger partial charge in [-0.25, -0.2) is 9.98 Å². The van der Waals surface area contributed by atoms with Crippen molar-refractivity contribution in [3.8, 4) is 22.3 Å². The number of para-hydroxylation sites is 1. The van der Waals surface area contributed by atoms with Gasteiger partial charge < -0.3 is 9.73 Å². The lowest BCUT2D eigenvalue weighted by molar-refractivity contribution is 0.669. The number of aliphatic imine (C=N–C) groups is 2. The summed E-state index contributed by atoms with van der Waals surface area (Å²) in [5.41, 5.74) is 9.17. The van der Waals surface area contributed by atoms with Crippen LogP contribution in [0.15, 0.2) is 190 Å². The Balaban J connectivity index is 1.21. The average molecular weight is 654 g/mol. The van der Waals surface area contributed by atoms with Gasteiger partial charge in [0.25, 0.3) is 0 Å². The minimum absolute atomic E-state index is 0.468. The molecule has 10 rings (SSSR count). The molecule has 4 heteroatoms. The fourth-order valence-corrected chi connectivity index (χ4v) is 7.46. The Kier molecular flexibility index (Phi) is 6.85. The highest BCUT2D eigenvalue weighted by Gasteiger charge is 2.26. The highest BCUT2D eigenvalue weighted by Crippen LogP contribution is 2.40. The van der Waals surface area contributed by atoms with Crippen LogP contribution in [0.3, 0.4) is 0 Å². The molecule has 51 heavy (non-hydrogen) atoms. The van der Waals surface area contributed by atoms with E-state index < -0.39 is 6.17 Å². The standard InChI is InChI=1S/C47H31N3O/c1-3-12-30(13-4-1)33-17-11-18-34(28-33)39-26-27-42-43(40-20-9-10-21-41(40)51-42)44(39)47-49-45(32-15-5-2-6-16-32)48-46(50-47)36-24-25-38-35(29-36)23-22-31-14-7-8-19-37(31)38/h1-29,46H,(H,48,49,50). The van der Waals surface area contributed by atoms with Gasteiger partial charge in [-0.05, 0) is 79.7 Å². The molecule has 2 heterocycles. The van der Waals surface area contributed by atoms with Crippen molar-refractivity contribution in [1.82, 2.24) is 5.32 Å². The summed E-state index contributed by atoms with van der Waals surface area (Å²) in [5, 5.41) is 10.6. The third-order valence-corrected chi connectivity index (χ3v) is 9.91. The van der Waals surface area contributed by atoms with Gasteiger partial charge >= 0.3 is 0 Å². The summed E-state index contributed by atoms with van der Waals surface area (Å²) in [6.45, 7) is 0. The van der Waals surface area contributed by atoms with E-state index >= 15 is 0 Å². The van der Waals surface area contributed by atoms with Crippen LogP contribution in [0, 0.1) is 0 Å². The van der Waals surface area contributed by atoms with Crippen LogP contribution in [0.4, 0.5) is 0 Å². The summed E-state index contributed by atoms with van der Waals surface area (Å²) >= 11 is 0. The molecule has 0 amide bonds. The zero-order valence-corrected chi connectivity index (χ0v) is 27.6. The summed E-state index contributed by atoms with van der Waals surface area (Å²) in [5.74, 6) is 1.53. The van der Waals surface area contributed by atoms with Crippen molar-refractivity contribution in [2.75, 3.05) is 0 Å². The zero-order chi connectivity index (χ0) is 33.7. The summed E-state index contributed by atoms with van der Waals surface area (Å²) in [6.07, 6.45) is -0.468. The largest absolute Gasteiger partial charge is 0.456 e. The van der Waals surface area contributed by atoms with Gasteiger partial charge in [-0.15, -0.1) is 0 Å². The molecule has 9 aromatic rings. The minimum Gasteiger partial charge on any atom is -0.456 e. The second kappa shape index (κ2) is 12.0. The number of rotatable bonds is 5. The van der Waals surface area contributed by atoms with Crippen molar-refractivity contribution in [2.45, 2.75) is 6.17 Å². The smallest absolute Gasteiger partial charge is 0.169 e. The molecule has 0 fully saturated rings. The highest BCUT2D eigenvalue weighted by atomic mass is 16.3. The van der Waals surface area contributed by atoms with E-state index in [1.54, 1.807) is 0 Å². The van der Waals surface area contributed by atoms with E-state index in [1.807, 2.05) is 30.3 Å². The van der Waals surface area contributed by atoms with Crippen molar-refractivity contribution in [2.24, 2.45) is 9.98 Å². The predicted octanol–water partition coefficient (Wildman–Crippen LogP) is 11.7. The van der Waals surface area contributed by atoms with Crippen LogP contribution < -0.4 is 5.32 Å². The van der Waals surface area contributed by atoms with Gasteiger partial charge in [-0.3, -0.25) is 0 Å². The second-order valence-corrected chi connectivity index (χ2v) is 13.0. The molecule has 1 unspecified atom stereocenters. The van der Waals surface area contributed by atoms with Gasteiger partial charge in [0.2, 0.25) is 0 Å². The van der Waals surface area contributed by atoms with Crippen LogP contribution in [0.25, 0.3) is 65.7 Å². The van der Waals surface area contributed by atoms with E-state index in [0.717, 1.165) is 67.0 Å².